The lowest BCUT2D eigenvalue weighted by atomic mass is 10.1. The second-order valence-electron chi connectivity index (χ2n) is 5.44. The van der Waals surface area contributed by atoms with Crippen molar-refractivity contribution >= 4 is 17.4 Å². The lowest BCUT2D eigenvalue weighted by molar-refractivity contribution is 0.102. The SMILES string of the molecule is Cc1cccc(C)c1NC(=O)c1ccc(NC2CC2)nn1. The molecule has 0 saturated heterocycles. The van der Waals surface area contributed by atoms with Gasteiger partial charge in [0.05, 0.1) is 0 Å². The maximum absolute atomic E-state index is 12.2. The molecule has 0 aliphatic heterocycles. The first-order valence-electron chi connectivity index (χ1n) is 7.11. The Kier molecular flexibility index (Phi) is 3.56. The number of nitrogens with one attached hydrogen (secondary N) is 2. The molecule has 1 aromatic heterocycles. The second kappa shape index (κ2) is 5.52. The van der Waals surface area contributed by atoms with Crippen molar-refractivity contribution in [1.29, 1.82) is 0 Å². The zero-order chi connectivity index (χ0) is 14.8. The van der Waals surface area contributed by atoms with Crippen LogP contribution >= 0.6 is 0 Å². The van der Waals surface area contributed by atoms with Crippen molar-refractivity contribution in [3.63, 3.8) is 0 Å². The quantitative estimate of drug-likeness (QED) is 0.904. The topological polar surface area (TPSA) is 66.9 Å². The molecule has 3 rings (SSSR count). The van der Waals surface area contributed by atoms with Crippen LogP contribution in [0.3, 0.4) is 0 Å². The molecule has 0 bridgehead atoms. The van der Waals surface area contributed by atoms with Gasteiger partial charge in [-0.25, -0.2) is 0 Å². The molecule has 1 saturated carbocycles. The number of aromatic nitrogens is 2. The summed E-state index contributed by atoms with van der Waals surface area (Å²) in [7, 11) is 0. The number of aryl methyl sites for hydroxylation is 2. The first kappa shape index (κ1) is 13.5. The fourth-order valence-electron chi connectivity index (χ4n) is 2.16. The summed E-state index contributed by atoms with van der Waals surface area (Å²) in [6.07, 6.45) is 2.35. The van der Waals surface area contributed by atoms with E-state index >= 15 is 0 Å². The minimum atomic E-state index is -0.238. The molecule has 21 heavy (non-hydrogen) atoms. The van der Waals surface area contributed by atoms with Gasteiger partial charge in [-0.15, -0.1) is 10.2 Å². The maximum Gasteiger partial charge on any atom is 0.276 e. The Morgan fingerprint density at radius 2 is 1.81 bits per heavy atom. The highest BCUT2D eigenvalue weighted by atomic mass is 16.1. The van der Waals surface area contributed by atoms with E-state index in [0.29, 0.717) is 11.7 Å². The van der Waals surface area contributed by atoms with E-state index in [0.717, 1.165) is 22.6 Å². The third-order valence-corrected chi connectivity index (χ3v) is 3.55. The van der Waals surface area contributed by atoms with E-state index in [1.807, 2.05) is 32.0 Å². The van der Waals surface area contributed by atoms with Gasteiger partial charge in [0.1, 0.15) is 5.82 Å². The van der Waals surface area contributed by atoms with Gasteiger partial charge in [-0.2, -0.15) is 0 Å². The van der Waals surface area contributed by atoms with Crippen LogP contribution in [0.1, 0.15) is 34.5 Å². The zero-order valence-electron chi connectivity index (χ0n) is 12.2. The van der Waals surface area contributed by atoms with E-state index in [1.54, 1.807) is 12.1 Å². The van der Waals surface area contributed by atoms with E-state index in [4.69, 9.17) is 0 Å². The fourth-order valence-corrected chi connectivity index (χ4v) is 2.16. The van der Waals surface area contributed by atoms with Crippen molar-refractivity contribution < 1.29 is 4.79 Å². The number of rotatable bonds is 4. The first-order chi connectivity index (χ1) is 10.1. The normalized spacial score (nSPS) is 13.8. The minimum Gasteiger partial charge on any atom is -0.366 e. The molecule has 1 aromatic carbocycles. The molecule has 1 amide bonds. The Hall–Kier alpha value is -2.43. The Morgan fingerprint density at radius 3 is 2.38 bits per heavy atom. The number of benzene rings is 1. The Morgan fingerprint density at radius 1 is 1.10 bits per heavy atom. The first-order valence-corrected chi connectivity index (χ1v) is 7.11. The van der Waals surface area contributed by atoms with E-state index in [9.17, 15) is 4.79 Å². The molecule has 5 heteroatoms. The van der Waals surface area contributed by atoms with E-state index in [-0.39, 0.29) is 5.91 Å². The van der Waals surface area contributed by atoms with Gasteiger partial charge in [0, 0.05) is 11.7 Å². The number of amides is 1. The van der Waals surface area contributed by atoms with E-state index in [2.05, 4.69) is 20.8 Å². The van der Waals surface area contributed by atoms with Crippen molar-refractivity contribution in [2.24, 2.45) is 0 Å². The van der Waals surface area contributed by atoms with Crippen molar-refractivity contribution in [1.82, 2.24) is 10.2 Å². The number of hydrogen-bond donors (Lipinski definition) is 2. The van der Waals surface area contributed by atoms with Crippen molar-refractivity contribution in [3.05, 3.63) is 47.2 Å². The highest BCUT2D eigenvalue weighted by Gasteiger charge is 2.21. The van der Waals surface area contributed by atoms with Crippen molar-refractivity contribution in [2.45, 2.75) is 32.7 Å². The predicted molar refractivity (Wildman–Crippen MR) is 82.5 cm³/mol. The fraction of sp³-hybridized carbons (Fsp3) is 0.312. The molecule has 1 fully saturated rings. The summed E-state index contributed by atoms with van der Waals surface area (Å²) in [5.74, 6) is 0.485. The Labute approximate surface area is 123 Å². The number of carbonyl (C=O) groups is 1. The third kappa shape index (κ3) is 3.18. The van der Waals surface area contributed by atoms with Gasteiger partial charge in [0.15, 0.2) is 5.69 Å². The highest BCUT2D eigenvalue weighted by molar-refractivity contribution is 6.03. The van der Waals surface area contributed by atoms with Crippen LogP contribution in [-0.2, 0) is 0 Å². The maximum atomic E-state index is 12.2. The largest absolute Gasteiger partial charge is 0.366 e. The van der Waals surface area contributed by atoms with Crippen LogP contribution in [-0.4, -0.2) is 22.1 Å². The summed E-state index contributed by atoms with van der Waals surface area (Å²) in [6.45, 7) is 3.94. The van der Waals surface area contributed by atoms with Crippen molar-refractivity contribution in [2.75, 3.05) is 10.6 Å². The Balaban J connectivity index is 1.72. The highest BCUT2D eigenvalue weighted by Crippen LogP contribution is 2.23. The predicted octanol–water partition coefficient (Wildman–Crippen LogP) is 2.92. The molecule has 0 unspecified atom stereocenters. The average Bonchev–Trinajstić information content (AvgIpc) is 3.28. The summed E-state index contributed by atoms with van der Waals surface area (Å²) in [5.41, 5.74) is 3.22. The molecule has 0 atom stereocenters. The molecular weight excluding hydrogens is 264 g/mol. The average molecular weight is 282 g/mol. The Bertz CT molecular complexity index is 642. The molecule has 0 radical (unpaired) electrons. The number of anilines is 2. The number of para-hydroxylation sites is 1. The summed E-state index contributed by atoms with van der Waals surface area (Å²) in [6, 6.07) is 9.92. The van der Waals surface area contributed by atoms with Crippen LogP contribution in [0.15, 0.2) is 30.3 Å². The van der Waals surface area contributed by atoms with Gasteiger partial charge in [-0.05, 0) is 49.9 Å². The van der Waals surface area contributed by atoms with Gasteiger partial charge < -0.3 is 10.6 Å². The minimum absolute atomic E-state index is 0.238. The van der Waals surface area contributed by atoms with Gasteiger partial charge in [-0.1, -0.05) is 18.2 Å². The summed E-state index contributed by atoms with van der Waals surface area (Å²) in [5, 5.41) is 14.2. The van der Waals surface area contributed by atoms with Gasteiger partial charge in [0.25, 0.3) is 5.91 Å². The molecule has 5 nitrogen and oxygen atoms in total. The standard InChI is InChI=1S/C16H18N4O/c1-10-4-3-5-11(2)15(10)18-16(21)13-8-9-14(20-19-13)17-12-6-7-12/h3-5,8-9,12H,6-7H2,1-2H3,(H,17,20)(H,18,21). The van der Waals surface area contributed by atoms with Crippen LogP contribution in [0.5, 0.6) is 0 Å². The van der Waals surface area contributed by atoms with Gasteiger partial charge in [0.2, 0.25) is 0 Å². The molecular formula is C16H18N4O. The molecule has 1 aliphatic carbocycles. The number of hydrogen-bond acceptors (Lipinski definition) is 4. The molecule has 2 aromatic rings. The van der Waals surface area contributed by atoms with Crippen molar-refractivity contribution in [3.8, 4) is 0 Å². The second-order valence-corrected chi connectivity index (χ2v) is 5.44. The van der Waals surface area contributed by atoms with Gasteiger partial charge in [-0.3, -0.25) is 4.79 Å². The molecule has 1 heterocycles. The lowest BCUT2D eigenvalue weighted by Crippen LogP contribution is -2.16. The van der Waals surface area contributed by atoms with Crippen LogP contribution in [0, 0.1) is 13.8 Å². The van der Waals surface area contributed by atoms with Gasteiger partial charge >= 0.3 is 0 Å². The molecule has 0 spiro atoms. The number of nitrogens with zero attached hydrogens (tertiary/aromatic N) is 2. The molecule has 1 aliphatic rings. The van der Waals surface area contributed by atoms with E-state index in [1.165, 1.54) is 12.8 Å². The third-order valence-electron chi connectivity index (χ3n) is 3.55. The van der Waals surface area contributed by atoms with Crippen LogP contribution in [0.25, 0.3) is 0 Å². The van der Waals surface area contributed by atoms with Crippen LogP contribution < -0.4 is 10.6 Å². The van der Waals surface area contributed by atoms with Crippen LogP contribution in [0.2, 0.25) is 0 Å². The van der Waals surface area contributed by atoms with Crippen LogP contribution in [0.4, 0.5) is 11.5 Å². The monoisotopic (exact) mass is 282 g/mol. The molecule has 108 valence electrons. The lowest BCUT2D eigenvalue weighted by Gasteiger charge is -2.11. The smallest absolute Gasteiger partial charge is 0.276 e. The molecule has 2 N–H and O–H groups in total. The number of carbonyl (C=O) groups excluding carboxylic acids is 1. The zero-order valence-corrected chi connectivity index (χ0v) is 12.2. The summed E-state index contributed by atoms with van der Waals surface area (Å²) < 4.78 is 0. The summed E-state index contributed by atoms with van der Waals surface area (Å²) >= 11 is 0. The van der Waals surface area contributed by atoms with E-state index < -0.39 is 0 Å². The summed E-state index contributed by atoms with van der Waals surface area (Å²) in [4.78, 5) is 12.2.